The summed E-state index contributed by atoms with van der Waals surface area (Å²) >= 11 is 1.27. The Morgan fingerprint density at radius 3 is 2.48 bits per heavy atom. The van der Waals surface area contributed by atoms with E-state index in [1.165, 1.54) is 11.3 Å². The maximum atomic E-state index is 12.6. The summed E-state index contributed by atoms with van der Waals surface area (Å²) < 4.78 is 2.44. The first-order valence-corrected chi connectivity index (χ1v) is 9.72. The summed E-state index contributed by atoms with van der Waals surface area (Å²) in [5, 5.41) is 10.8. The van der Waals surface area contributed by atoms with Crippen molar-refractivity contribution >= 4 is 38.6 Å². The quantitative estimate of drug-likeness (QED) is 0.723. The van der Waals surface area contributed by atoms with Crippen LogP contribution in [-0.2, 0) is 5.54 Å². The molecular formula is C19H21N5O2S. The van der Waals surface area contributed by atoms with Gasteiger partial charge in [-0.15, -0.1) is 0 Å². The molecule has 0 atom stereocenters. The summed E-state index contributed by atoms with van der Waals surface area (Å²) in [6.45, 7) is 6.01. The number of thiazole rings is 1. The molecule has 1 aliphatic carbocycles. The molecule has 2 aromatic heterocycles. The van der Waals surface area contributed by atoms with Gasteiger partial charge in [-0.25, -0.2) is 4.68 Å². The van der Waals surface area contributed by atoms with E-state index in [0.717, 1.165) is 12.8 Å². The molecule has 140 valence electrons. The van der Waals surface area contributed by atoms with Crippen LogP contribution >= 0.6 is 11.3 Å². The van der Waals surface area contributed by atoms with E-state index < -0.39 is 0 Å². The zero-order chi connectivity index (χ0) is 19.2. The predicted molar refractivity (Wildman–Crippen MR) is 105 cm³/mol. The van der Waals surface area contributed by atoms with Crippen molar-refractivity contribution in [3.63, 3.8) is 0 Å². The smallest absolute Gasteiger partial charge is 0.273 e. The van der Waals surface area contributed by atoms with E-state index >= 15 is 0 Å². The number of nitrogens with one attached hydrogen (secondary N) is 2. The molecule has 0 bridgehead atoms. The van der Waals surface area contributed by atoms with Crippen LogP contribution in [0.4, 0.5) is 5.13 Å². The lowest BCUT2D eigenvalue weighted by molar-refractivity contribution is 0.0945. The zero-order valence-corrected chi connectivity index (χ0v) is 16.3. The van der Waals surface area contributed by atoms with E-state index in [4.69, 9.17) is 0 Å². The van der Waals surface area contributed by atoms with Crippen molar-refractivity contribution in [3.8, 4) is 0 Å². The highest BCUT2D eigenvalue weighted by molar-refractivity contribution is 7.22. The standard InChI is InChI=1S/C19H21N5O2S/c1-19(2,3)24-15-14(13(23-24)17(26)20-12-9-10-12)27-18(21-15)22-16(25)11-7-5-4-6-8-11/h4-8,12H,9-10H2,1-3H3,(H,20,26)(H,21,22,25). The minimum Gasteiger partial charge on any atom is -0.348 e. The number of carbonyl (C=O) groups is 2. The van der Waals surface area contributed by atoms with Gasteiger partial charge in [0.15, 0.2) is 16.5 Å². The summed E-state index contributed by atoms with van der Waals surface area (Å²) in [7, 11) is 0. The second-order valence-electron chi connectivity index (χ2n) is 7.67. The molecule has 1 saturated carbocycles. The van der Waals surface area contributed by atoms with Gasteiger partial charge in [0.25, 0.3) is 11.8 Å². The van der Waals surface area contributed by atoms with Crippen LogP contribution in [0, 0.1) is 0 Å². The Labute approximate surface area is 160 Å². The third-order valence-electron chi connectivity index (χ3n) is 4.24. The van der Waals surface area contributed by atoms with Crippen LogP contribution in [0.1, 0.15) is 54.5 Å². The summed E-state index contributed by atoms with van der Waals surface area (Å²) in [5.74, 6) is -0.415. The SMILES string of the molecule is CC(C)(C)n1nc(C(=O)NC2CC2)c2sc(NC(=O)c3ccccc3)nc21. The van der Waals surface area contributed by atoms with E-state index in [2.05, 4.69) is 20.7 Å². The van der Waals surface area contributed by atoms with Gasteiger partial charge in [0, 0.05) is 11.6 Å². The van der Waals surface area contributed by atoms with E-state index in [-0.39, 0.29) is 23.4 Å². The second kappa shape index (κ2) is 6.45. The molecule has 0 spiro atoms. The Hall–Kier alpha value is -2.74. The molecule has 27 heavy (non-hydrogen) atoms. The highest BCUT2D eigenvalue weighted by Gasteiger charge is 2.30. The van der Waals surface area contributed by atoms with Crippen molar-refractivity contribution in [1.29, 1.82) is 0 Å². The molecular weight excluding hydrogens is 362 g/mol. The van der Waals surface area contributed by atoms with Crippen molar-refractivity contribution in [2.75, 3.05) is 5.32 Å². The second-order valence-corrected chi connectivity index (χ2v) is 8.67. The first-order valence-electron chi connectivity index (χ1n) is 8.90. The number of hydrogen-bond acceptors (Lipinski definition) is 5. The Morgan fingerprint density at radius 2 is 1.85 bits per heavy atom. The molecule has 0 radical (unpaired) electrons. The van der Waals surface area contributed by atoms with Gasteiger partial charge < -0.3 is 5.32 Å². The van der Waals surface area contributed by atoms with Crippen LogP contribution in [0.15, 0.2) is 30.3 Å². The Balaban J connectivity index is 1.70. The molecule has 1 fully saturated rings. The normalized spacial score (nSPS) is 14.3. The number of aromatic nitrogens is 3. The third kappa shape index (κ3) is 3.57. The number of anilines is 1. The highest BCUT2D eigenvalue weighted by Crippen LogP contribution is 2.33. The molecule has 3 aromatic rings. The maximum absolute atomic E-state index is 12.6. The molecule has 1 aliphatic rings. The van der Waals surface area contributed by atoms with Gasteiger partial charge in [0.2, 0.25) is 0 Å². The largest absolute Gasteiger partial charge is 0.348 e. The monoisotopic (exact) mass is 383 g/mol. The summed E-state index contributed by atoms with van der Waals surface area (Å²) in [4.78, 5) is 29.6. The molecule has 0 saturated heterocycles. The van der Waals surface area contributed by atoms with Gasteiger partial charge >= 0.3 is 0 Å². The molecule has 7 nitrogen and oxygen atoms in total. The summed E-state index contributed by atoms with van der Waals surface area (Å²) in [5.41, 5.74) is 1.19. The molecule has 8 heteroatoms. The number of hydrogen-bond donors (Lipinski definition) is 2. The van der Waals surface area contributed by atoms with Crippen LogP contribution in [0.3, 0.4) is 0 Å². The fourth-order valence-electron chi connectivity index (χ4n) is 2.71. The number of carbonyl (C=O) groups excluding carboxylic acids is 2. The molecule has 0 aliphatic heterocycles. The average Bonchev–Trinajstić information content (AvgIpc) is 3.21. The van der Waals surface area contributed by atoms with Crippen LogP contribution in [-0.4, -0.2) is 32.6 Å². The van der Waals surface area contributed by atoms with Crippen LogP contribution in [0.5, 0.6) is 0 Å². The first-order chi connectivity index (χ1) is 12.8. The summed E-state index contributed by atoms with van der Waals surface area (Å²) in [6, 6.07) is 9.22. The molecule has 4 rings (SSSR count). The predicted octanol–water partition coefficient (Wildman–Crippen LogP) is 3.39. The molecule has 0 unspecified atom stereocenters. The van der Waals surface area contributed by atoms with Crippen molar-refractivity contribution in [2.24, 2.45) is 0 Å². The lowest BCUT2D eigenvalue weighted by atomic mass is 10.1. The number of nitrogens with zero attached hydrogens (tertiary/aromatic N) is 3. The number of fused-ring (bicyclic) bond motifs is 1. The summed E-state index contributed by atoms with van der Waals surface area (Å²) in [6.07, 6.45) is 2.02. The van der Waals surface area contributed by atoms with Gasteiger partial charge in [-0.2, -0.15) is 10.1 Å². The number of amides is 2. The van der Waals surface area contributed by atoms with E-state index in [9.17, 15) is 9.59 Å². The number of benzene rings is 1. The van der Waals surface area contributed by atoms with E-state index in [0.29, 0.717) is 26.7 Å². The van der Waals surface area contributed by atoms with Gasteiger partial charge in [0.05, 0.1) is 5.54 Å². The van der Waals surface area contributed by atoms with Crippen molar-refractivity contribution < 1.29 is 9.59 Å². The minimum atomic E-state index is -0.342. The minimum absolute atomic E-state index is 0.185. The fourth-order valence-corrected chi connectivity index (χ4v) is 3.64. The Morgan fingerprint density at radius 1 is 1.15 bits per heavy atom. The molecule has 2 heterocycles. The van der Waals surface area contributed by atoms with Gasteiger partial charge in [-0.1, -0.05) is 29.5 Å². The van der Waals surface area contributed by atoms with Crippen LogP contribution < -0.4 is 10.6 Å². The fraction of sp³-hybridized carbons (Fsp3) is 0.368. The van der Waals surface area contributed by atoms with Gasteiger partial charge in [-0.3, -0.25) is 14.9 Å². The average molecular weight is 383 g/mol. The maximum Gasteiger partial charge on any atom is 0.273 e. The molecule has 2 amide bonds. The molecule has 2 N–H and O–H groups in total. The Bertz CT molecular complexity index is 1010. The van der Waals surface area contributed by atoms with Crippen LogP contribution in [0.25, 0.3) is 10.3 Å². The lowest BCUT2D eigenvalue weighted by Crippen LogP contribution is -2.28. The van der Waals surface area contributed by atoms with Gasteiger partial charge in [-0.05, 0) is 45.7 Å². The number of rotatable bonds is 4. The van der Waals surface area contributed by atoms with Crippen molar-refractivity contribution in [1.82, 2.24) is 20.1 Å². The highest BCUT2D eigenvalue weighted by atomic mass is 32.1. The lowest BCUT2D eigenvalue weighted by Gasteiger charge is -2.19. The Kier molecular flexibility index (Phi) is 4.22. The van der Waals surface area contributed by atoms with Crippen LogP contribution in [0.2, 0.25) is 0 Å². The van der Waals surface area contributed by atoms with Crippen molar-refractivity contribution in [3.05, 3.63) is 41.6 Å². The van der Waals surface area contributed by atoms with Crippen molar-refractivity contribution in [2.45, 2.75) is 45.2 Å². The molecule has 1 aromatic carbocycles. The first kappa shape index (κ1) is 17.7. The van der Waals surface area contributed by atoms with Gasteiger partial charge in [0.1, 0.15) is 4.70 Å². The van der Waals surface area contributed by atoms with E-state index in [1.807, 2.05) is 39.0 Å². The zero-order valence-electron chi connectivity index (χ0n) is 15.4. The van der Waals surface area contributed by atoms with E-state index in [1.54, 1.807) is 16.8 Å². The topological polar surface area (TPSA) is 88.9 Å². The third-order valence-corrected chi connectivity index (χ3v) is 5.21.